The van der Waals surface area contributed by atoms with Crippen molar-refractivity contribution in [2.75, 3.05) is 13.6 Å². The van der Waals surface area contributed by atoms with Crippen LogP contribution < -0.4 is 5.32 Å². The maximum atomic E-state index is 12.2. The molecule has 5 rings (SSSR count). The first-order valence-electron chi connectivity index (χ1n) is 15.0. The average Bonchev–Trinajstić information content (AvgIpc) is 2.96. The summed E-state index contributed by atoms with van der Waals surface area (Å²) in [5.41, 5.74) is 2.96. The van der Waals surface area contributed by atoms with Gasteiger partial charge in [0.1, 0.15) is 11.3 Å². The minimum absolute atomic E-state index is 0.107. The molecule has 1 heterocycles. The molecule has 2 aliphatic carbocycles. The zero-order chi connectivity index (χ0) is 30.4. The number of Topliss-reactive ketones (excluding diaryl/α,β-unsaturated/α-hetero) is 1. The number of carbonyl (C=O) groups is 2. The number of rotatable bonds is 3. The van der Waals surface area contributed by atoms with Gasteiger partial charge in [-0.05, 0) is 90.1 Å². The number of amides is 1. The molecule has 7 heteroatoms. The lowest BCUT2D eigenvalue weighted by atomic mass is 9.58. The third kappa shape index (κ3) is 6.49. The Morgan fingerprint density at radius 1 is 1.05 bits per heavy atom. The number of aryl methyl sites for hydroxylation is 2. The van der Waals surface area contributed by atoms with Crippen LogP contribution in [-0.4, -0.2) is 46.6 Å². The molecular formula is C34H47ClN2O4. The molecule has 1 saturated heterocycles. The van der Waals surface area contributed by atoms with Crippen molar-refractivity contribution in [2.45, 2.75) is 96.6 Å². The predicted molar refractivity (Wildman–Crippen MR) is 167 cm³/mol. The summed E-state index contributed by atoms with van der Waals surface area (Å²) in [5.74, 6) is 0.924. The molecule has 1 aliphatic heterocycles. The number of fused-ring (bicyclic) bond motifs is 1. The number of hydrogen-bond donors (Lipinski definition) is 3. The van der Waals surface area contributed by atoms with E-state index in [0.29, 0.717) is 41.1 Å². The monoisotopic (exact) mass is 582 g/mol. The van der Waals surface area contributed by atoms with Gasteiger partial charge in [0, 0.05) is 39.9 Å². The molecule has 2 aromatic carbocycles. The number of piperidine rings is 1. The van der Waals surface area contributed by atoms with E-state index in [1.807, 2.05) is 26.8 Å². The lowest BCUT2D eigenvalue weighted by Gasteiger charge is -2.52. The standard InChI is InChI=1S/C19H27NO.C13H14ClNO3.C2H6/c1-13-8-9-14(2)18(21)17(13)19-10-6-5-7-16(19)15(3)20(4)12-11-19;14-10-6-2-1-5-9(10)13(15-12(17)18)8-4-3-7-11(13)16;1-2/h5,7-9,15-16,21H,6,10-12H2,1-4H3;1-2,5-6,15H,3-4,7-8H2,(H,17,18);1-2H3/t15-,16+,19-;;/m1../s1. The first-order valence-corrected chi connectivity index (χ1v) is 15.4. The molecule has 0 aromatic heterocycles. The van der Waals surface area contributed by atoms with Gasteiger partial charge in [-0.3, -0.25) is 4.79 Å². The van der Waals surface area contributed by atoms with Crippen molar-refractivity contribution in [3.63, 3.8) is 0 Å². The number of phenolic OH excluding ortho intramolecular Hbond substituents is 1. The quantitative estimate of drug-likeness (QED) is 0.320. The molecule has 6 nitrogen and oxygen atoms in total. The second-order valence-corrected chi connectivity index (χ2v) is 11.9. The van der Waals surface area contributed by atoms with Crippen LogP contribution in [0.1, 0.15) is 88.0 Å². The van der Waals surface area contributed by atoms with Gasteiger partial charge < -0.3 is 20.4 Å². The summed E-state index contributed by atoms with van der Waals surface area (Å²) in [7, 11) is 2.22. The van der Waals surface area contributed by atoms with Crippen molar-refractivity contribution >= 4 is 23.5 Å². The van der Waals surface area contributed by atoms with Crippen molar-refractivity contribution in [3.05, 3.63) is 75.8 Å². The van der Waals surface area contributed by atoms with Gasteiger partial charge in [0.15, 0.2) is 5.78 Å². The smallest absolute Gasteiger partial charge is 0.405 e. The Kier molecular flexibility index (Phi) is 11.1. The second-order valence-electron chi connectivity index (χ2n) is 11.5. The number of nitrogens with zero attached hydrogens (tertiary/aromatic N) is 1. The van der Waals surface area contributed by atoms with Gasteiger partial charge >= 0.3 is 6.09 Å². The fourth-order valence-electron chi connectivity index (χ4n) is 7.05. The largest absolute Gasteiger partial charge is 0.507 e. The number of halogens is 1. The van der Waals surface area contributed by atoms with Gasteiger partial charge in [-0.2, -0.15) is 0 Å². The molecular weight excluding hydrogens is 536 g/mol. The van der Waals surface area contributed by atoms with Crippen LogP contribution >= 0.6 is 11.6 Å². The van der Waals surface area contributed by atoms with E-state index in [0.717, 1.165) is 44.2 Å². The molecule has 0 radical (unpaired) electrons. The van der Waals surface area contributed by atoms with E-state index in [9.17, 15) is 14.7 Å². The summed E-state index contributed by atoms with van der Waals surface area (Å²) in [5, 5.41) is 22.6. The number of aromatic hydroxyl groups is 1. The number of carboxylic acid groups (broad SMARTS) is 1. The highest BCUT2D eigenvalue weighted by atomic mass is 35.5. The van der Waals surface area contributed by atoms with Gasteiger partial charge in [0.25, 0.3) is 0 Å². The highest BCUT2D eigenvalue weighted by Gasteiger charge is 2.48. The molecule has 3 aliphatic rings. The van der Waals surface area contributed by atoms with Crippen molar-refractivity contribution in [1.82, 2.24) is 10.2 Å². The molecule has 1 amide bonds. The van der Waals surface area contributed by atoms with Gasteiger partial charge in [-0.25, -0.2) is 4.79 Å². The Morgan fingerprint density at radius 2 is 1.73 bits per heavy atom. The van der Waals surface area contributed by atoms with Crippen molar-refractivity contribution in [3.8, 4) is 5.75 Å². The van der Waals surface area contributed by atoms with Crippen LogP contribution in [0.25, 0.3) is 0 Å². The number of ketones is 1. The third-order valence-electron chi connectivity index (χ3n) is 9.29. The average molecular weight is 583 g/mol. The molecule has 0 spiro atoms. The number of hydrogen-bond acceptors (Lipinski definition) is 4. The summed E-state index contributed by atoms with van der Waals surface area (Å²) < 4.78 is 0. The van der Waals surface area contributed by atoms with Gasteiger partial charge in [0.2, 0.25) is 0 Å². The maximum absolute atomic E-state index is 12.2. The fraction of sp³-hybridized carbons (Fsp3) is 0.529. The Bertz CT molecular complexity index is 1260. The fourth-order valence-corrected chi connectivity index (χ4v) is 7.34. The number of phenols is 1. The normalized spacial score (nSPS) is 27.4. The number of nitrogens with one attached hydrogen (secondary N) is 1. The van der Waals surface area contributed by atoms with Crippen molar-refractivity contribution in [1.29, 1.82) is 0 Å². The number of allylic oxidation sites excluding steroid dienone is 1. The molecule has 224 valence electrons. The maximum Gasteiger partial charge on any atom is 0.405 e. The Hall–Kier alpha value is -2.83. The van der Waals surface area contributed by atoms with E-state index >= 15 is 0 Å². The molecule has 1 saturated carbocycles. The van der Waals surface area contributed by atoms with Crippen LogP contribution in [0.4, 0.5) is 4.79 Å². The lowest BCUT2D eigenvalue weighted by Crippen LogP contribution is -2.54. The van der Waals surface area contributed by atoms with Gasteiger partial charge in [-0.15, -0.1) is 0 Å². The number of benzene rings is 2. The van der Waals surface area contributed by atoms with Crippen molar-refractivity contribution in [2.24, 2.45) is 5.92 Å². The summed E-state index contributed by atoms with van der Waals surface area (Å²) in [6.45, 7) is 11.6. The Balaban J connectivity index is 0.000000215. The molecule has 2 aromatic rings. The molecule has 41 heavy (non-hydrogen) atoms. The first-order chi connectivity index (χ1) is 19.5. The summed E-state index contributed by atoms with van der Waals surface area (Å²) in [4.78, 5) is 25.7. The van der Waals surface area contributed by atoms with E-state index in [1.165, 1.54) is 11.1 Å². The zero-order valence-corrected chi connectivity index (χ0v) is 26.2. The van der Waals surface area contributed by atoms with Crippen LogP contribution in [0, 0.1) is 19.8 Å². The van der Waals surface area contributed by atoms with E-state index < -0.39 is 11.6 Å². The highest BCUT2D eigenvalue weighted by molar-refractivity contribution is 6.31. The van der Waals surface area contributed by atoms with Crippen LogP contribution in [0.2, 0.25) is 5.02 Å². The summed E-state index contributed by atoms with van der Waals surface area (Å²) in [6.07, 6.45) is 9.40. The second kappa shape index (κ2) is 13.9. The van der Waals surface area contributed by atoms with Gasteiger partial charge in [0.05, 0.1) is 0 Å². The van der Waals surface area contributed by atoms with E-state index in [-0.39, 0.29) is 11.2 Å². The summed E-state index contributed by atoms with van der Waals surface area (Å²) >= 11 is 6.11. The van der Waals surface area contributed by atoms with E-state index in [1.54, 1.807) is 24.3 Å². The van der Waals surface area contributed by atoms with Gasteiger partial charge in [-0.1, -0.05) is 67.9 Å². The number of likely N-dealkylation sites (tertiary alicyclic amines) is 1. The molecule has 2 fully saturated rings. The van der Waals surface area contributed by atoms with Crippen LogP contribution in [0.15, 0.2) is 48.6 Å². The third-order valence-corrected chi connectivity index (χ3v) is 9.62. The summed E-state index contributed by atoms with van der Waals surface area (Å²) in [6, 6.07) is 11.6. The molecule has 1 unspecified atom stereocenters. The predicted octanol–water partition coefficient (Wildman–Crippen LogP) is 7.91. The van der Waals surface area contributed by atoms with Crippen LogP contribution in [0.5, 0.6) is 5.75 Å². The van der Waals surface area contributed by atoms with Crippen LogP contribution in [0.3, 0.4) is 0 Å². The van der Waals surface area contributed by atoms with Crippen LogP contribution in [-0.2, 0) is 15.7 Å². The topological polar surface area (TPSA) is 89.9 Å². The number of carbonyl (C=O) groups excluding carboxylic acids is 1. The van der Waals surface area contributed by atoms with E-state index in [4.69, 9.17) is 16.7 Å². The minimum Gasteiger partial charge on any atom is -0.507 e. The first kappa shape index (κ1) is 32.7. The zero-order valence-electron chi connectivity index (χ0n) is 25.5. The van der Waals surface area contributed by atoms with Crippen molar-refractivity contribution < 1.29 is 19.8 Å². The molecule has 0 bridgehead atoms. The molecule has 4 atom stereocenters. The van der Waals surface area contributed by atoms with E-state index in [2.05, 4.69) is 49.3 Å². The Morgan fingerprint density at radius 3 is 2.39 bits per heavy atom. The minimum atomic E-state index is -1.20. The Labute approximate surface area is 250 Å². The SMILES string of the molecule is CC.Cc1ccc(C)c([C@@]23CCC=C[C@H]2[C@@H](C)N(C)CC3)c1O.O=C(O)NC1(c2ccccc2Cl)CCCCC1=O. The lowest BCUT2D eigenvalue weighted by molar-refractivity contribution is -0.127. The highest BCUT2D eigenvalue weighted by Crippen LogP contribution is 2.52. The molecule has 3 N–H and O–H groups in total.